The van der Waals surface area contributed by atoms with Crippen LogP contribution >= 0.6 is 0 Å². The number of carbonyl (C=O) groups excluding carboxylic acids is 2. The fourth-order valence-electron chi connectivity index (χ4n) is 10.0. The fourth-order valence-corrected chi connectivity index (χ4v) is 10.0. The van der Waals surface area contributed by atoms with Gasteiger partial charge in [-0.05, 0) is 24.3 Å². The summed E-state index contributed by atoms with van der Waals surface area (Å²) in [6.45, 7) is 1.65. The number of methoxy groups -OCH3 is 6. The highest BCUT2D eigenvalue weighted by Crippen LogP contribution is 2.47. The molecule has 0 aromatic heterocycles. The molecule has 286 valence electrons. The summed E-state index contributed by atoms with van der Waals surface area (Å²) in [5, 5.41) is 0. The fraction of sp³-hybridized carbons (Fsp3) is 0.650. The van der Waals surface area contributed by atoms with Crippen LogP contribution in [0.15, 0.2) is 24.3 Å². The van der Waals surface area contributed by atoms with E-state index in [9.17, 15) is 9.59 Å². The summed E-state index contributed by atoms with van der Waals surface area (Å²) in [4.78, 5) is 26.0. The molecule has 52 heavy (non-hydrogen) atoms. The molecule has 4 unspecified atom stereocenters. The van der Waals surface area contributed by atoms with Gasteiger partial charge in [-0.25, -0.2) is 0 Å². The van der Waals surface area contributed by atoms with E-state index >= 15 is 0 Å². The predicted octanol–water partition coefficient (Wildman–Crippen LogP) is 5.59. The van der Waals surface area contributed by atoms with Crippen molar-refractivity contribution in [2.24, 2.45) is 0 Å². The van der Waals surface area contributed by atoms with E-state index in [1.165, 1.54) is 0 Å². The second kappa shape index (κ2) is 15.6. The maximum absolute atomic E-state index is 13.0. The zero-order valence-corrected chi connectivity index (χ0v) is 32.2. The predicted molar refractivity (Wildman–Crippen MR) is 193 cm³/mol. The molecule has 4 saturated heterocycles. The molecule has 8 atom stereocenters. The Hall–Kier alpha value is -3.90. The van der Waals surface area contributed by atoms with Crippen LogP contribution < -0.4 is 28.4 Å². The van der Waals surface area contributed by atoms with E-state index < -0.39 is 0 Å². The molecule has 0 aliphatic carbocycles. The van der Waals surface area contributed by atoms with E-state index in [4.69, 9.17) is 37.9 Å². The third kappa shape index (κ3) is 7.33. The van der Waals surface area contributed by atoms with Crippen LogP contribution in [0, 0.1) is 0 Å². The molecule has 0 radical (unpaired) electrons. The number of esters is 2. The van der Waals surface area contributed by atoms with Crippen LogP contribution in [0.4, 0.5) is 0 Å². The smallest absolute Gasteiger partial charge is 0.306 e. The molecular weight excluding hydrogens is 668 g/mol. The van der Waals surface area contributed by atoms with Gasteiger partial charge in [-0.1, -0.05) is 0 Å². The normalized spacial score (nSPS) is 30.3. The van der Waals surface area contributed by atoms with E-state index in [0.29, 0.717) is 58.7 Å². The summed E-state index contributed by atoms with van der Waals surface area (Å²) in [7, 11) is 14.4. The summed E-state index contributed by atoms with van der Waals surface area (Å²) in [5.74, 6) is 3.15. The van der Waals surface area contributed by atoms with Crippen molar-refractivity contribution in [3.8, 4) is 34.5 Å². The van der Waals surface area contributed by atoms with Gasteiger partial charge in [0.25, 0.3) is 0 Å². The van der Waals surface area contributed by atoms with E-state index in [0.717, 1.165) is 84.5 Å². The monoisotopic (exact) mass is 726 g/mol. The van der Waals surface area contributed by atoms with Crippen molar-refractivity contribution in [1.82, 2.24) is 0 Å². The standard InChI is InChI=1S/C40H58N2O10/c1-41(23-25-15-33(45-3)39(49-7)34(16-25)46-4)27-9-10-28(41)20-31(19-27)51-37(43)13-14-38(44)52-32-21-29-11-12-30(22-32)42(29,2)24-26-17-35(47-5)40(50-8)36(18-26)48-6/h15-18,27-32H,9-14,19-24H2,1-8H3/q+2/t27-,28+,29-,30+,31?,32?,41?,42?. The van der Waals surface area contributed by atoms with Gasteiger partial charge < -0.3 is 46.9 Å². The highest BCUT2D eigenvalue weighted by Gasteiger charge is 2.54. The number of ether oxygens (including phenoxy) is 8. The molecule has 2 aromatic carbocycles. The van der Waals surface area contributed by atoms with Crippen molar-refractivity contribution < 1.29 is 56.5 Å². The highest BCUT2D eigenvalue weighted by molar-refractivity contribution is 5.77. The Morgan fingerprint density at radius 2 is 0.808 bits per heavy atom. The molecule has 4 aliphatic rings. The molecule has 12 nitrogen and oxygen atoms in total. The zero-order chi connectivity index (χ0) is 37.2. The molecule has 0 saturated carbocycles. The minimum absolute atomic E-state index is 0.0384. The van der Waals surface area contributed by atoms with Crippen molar-refractivity contribution in [3.05, 3.63) is 35.4 Å². The van der Waals surface area contributed by atoms with Gasteiger partial charge in [0.15, 0.2) is 23.0 Å². The zero-order valence-electron chi connectivity index (χ0n) is 32.2. The van der Waals surface area contributed by atoms with Crippen LogP contribution in [0.2, 0.25) is 0 Å². The molecule has 4 heterocycles. The molecule has 12 heteroatoms. The van der Waals surface area contributed by atoms with Gasteiger partial charge in [-0.3, -0.25) is 9.59 Å². The van der Waals surface area contributed by atoms with E-state index in [1.54, 1.807) is 42.7 Å². The lowest BCUT2D eigenvalue weighted by atomic mass is 9.95. The SMILES string of the molecule is COc1cc(C[N+]2(C)[C@@H]3CC[C@H]2CC(OC(=O)CCC(=O)OC2C[C@H]4CC[C@@H](C2)[N+]4(C)Cc2cc(OC)c(OC)c(OC)c2)C3)cc(OC)c1OC. The molecule has 4 fully saturated rings. The average molecular weight is 727 g/mol. The summed E-state index contributed by atoms with van der Waals surface area (Å²) in [6.07, 6.45) is 7.42. The van der Waals surface area contributed by atoms with Crippen LogP contribution in [0.25, 0.3) is 0 Å². The van der Waals surface area contributed by atoms with Gasteiger partial charge in [-0.2, -0.15) is 0 Å². The Labute approximate surface area is 308 Å². The molecule has 4 aliphatic heterocycles. The number of benzene rings is 2. The third-order valence-electron chi connectivity index (χ3n) is 12.8. The van der Waals surface area contributed by atoms with Gasteiger partial charge in [0.05, 0.1) is 93.8 Å². The van der Waals surface area contributed by atoms with Crippen molar-refractivity contribution >= 4 is 11.9 Å². The number of rotatable bonds is 15. The van der Waals surface area contributed by atoms with E-state index in [2.05, 4.69) is 14.1 Å². The molecule has 0 N–H and O–H groups in total. The van der Waals surface area contributed by atoms with Crippen LogP contribution in [0.5, 0.6) is 34.5 Å². The molecule has 2 aromatic rings. The molecular formula is C40H58N2O10+2. The van der Waals surface area contributed by atoms with Crippen molar-refractivity contribution in [3.63, 3.8) is 0 Å². The van der Waals surface area contributed by atoms with E-state index in [-0.39, 0.29) is 37.0 Å². The first-order valence-corrected chi connectivity index (χ1v) is 18.6. The van der Waals surface area contributed by atoms with Crippen molar-refractivity contribution in [2.45, 2.75) is 114 Å². The van der Waals surface area contributed by atoms with E-state index in [1.807, 2.05) is 24.3 Å². The highest BCUT2D eigenvalue weighted by atomic mass is 16.6. The summed E-state index contributed by atoms with van der Waals surface area (Å²) >= 11 is 0. The van der Waals surface area contributed by atoms with Gasteiger partial charge in [0, 0.05) is 62.5 Å². The van der Waals surface area contributed by atoms with Crippen LogP contribution in [0.3, 0.4) is 0 Å². The lowest BCUT2D eigenvalue weighted by Crippen LogP contribution is -2.58. The van der Waals surface area contributed by atoms with Gasteiger partial charge >= 0.3 is 11.9 Å². The lowest BCUT2D eigenvalue weighted by Gasteiger charge is -2.47. The first-order chi connectivity index (χ1) is 25.0. The minimum Gasteiger partial charge on any atom is -0.493 e. The average Bonchev–Trinajstić information content (AvgIpc) is 3.36. The van der Waals surface area contributed by atoms with Crippen LogP contribution in [-0.2, 0) is 32.2 Å². The first kappa shape index (κ1) is 37.8. The number of fused-ring (bicyclic) bond motifs is 4. The maximum Gasteiger partial charge on any atom is 0.306 e. The first-order valence-electron chi connectivity index (χ1n) is 18.6. The van der Waals surface area contributed by atoms with Crippen molar-refractivity contribution in [2.75, 3.05) is 56.8 Å². The number of hydrogen-bond acceptors (Lipinski definition) is 10. The van der Waals surface area contributed by atoms with Crippen molar-refractivity contribution in [1.29, 1.82) is 0 Å². The lowest BCUT2D eigenvalue weighted by molar-refractivity contribution is -0.961. The summed E-state index contributed by atoms with van der Waals surface area (Å²) in [5.41, 5.74) is 2.24. The molecule has 4 bridgehead atoms. The van der Waals surface area contributed by atoms with Gasteiger partial charge in [-0.15, -0.1) is 0 Å². The summed E-state index contributed by atoms with van der Waals surface area (Å²) in [6, 6.07) is 9.62. The second-order valence-corrected chi connectivity index (χ2v) is 15.5. The maximum atomic E-state index is 13.0. The quantitative estimate of drug-likeness (QED) is 0.171. The number of hydrogen-bond donors (Lipinski definition) is 0. The number of piperidine rings is 2. The van der Waals surface area contributed by atoms with Crippen LogP contribution in [-0.4, -0.2) is 114 Å². The number of carbonyl (C=O) groups is 2. The Balaban J connectivity index is 0.978. The summed E-state index contributed by atoms with van der Waals surface area (Å²) < 4.78 is 47.2. The molecule has 0 spiro atoms. The largest absolute Gasteiger partial charge is 0.493 e. The second-order valence-electron chi connectivity index (χ2n) is 15.5. The Morgan fingerprint density at radius 1 is 0.519 bits per heavy atom. The number of quaternary nitrogens is 2. The Bertz CT molecular complexity index is 1420. The Morgan fingerprint density at radius 3 is 1.06 bits per heavy atom. The topological polar surface area (TPSA) is 108 Å². The molecule has 0 amide bonds. The van der Waals surface area contributed by atoms with Crippen LogP contribution in [0.1, 0.15) is 75.3 Å². The Kier molecular flexibility index (Phi) is 11.4. The van der Waals surface area contributed by atoms with Gasteiger partial charge in [0.1, 0.15) is 25.3 Å². The molecule has 6 rings (SSSR count). The third-order valence-corrected chi connectivity index (χ3v) is 12.8. The van der Waals surface area contributed by atoms with Gasteiger partial charge in [0.2, 0.25) is 11.5 Å². The minimum atomic E-state index is -0.319. The number of nitrogens with zero attached hydrogens (tertiary/aromatic N) is 2.